The molecular weight excluding hydrogens is 515 g/mol. The smallest absolute Gasteiger partial charge is 0.422 e. The SMILES string of the molecule is CCn1cc(C(O)(CN2CCC(Oc3ccc(CC(=O)O)cc3OC)CC2)C(F)(F)F)c2ccc(C#N)cc21. The highest BCUT2D eigenvalue weighted by molar-refractivity contribution is 5.86. The number of aryl methyl sites for hydroxylation is 1. The predicted octanol–water partition coefficient (Wildman–Crippen LogP) is 4.46. The van der Waals surface area contributed by atoms with Crippen molar-refractivity contribution >= 4 is 16.9 Å². The summed E-state index contributed by atoms with van der Waals surface area (Å²) in [4.78, 5) is 12.6. The van der Waals surface area contributed by atoms with Crippen LogP contribution >= 0.6 is 0 Å². The largest absolute Gasteiger partial charge is 0.493 e. The molecule has 0 radical (unpaired) electrons. The van der Waals surface area contributed by atoms with Crippen molar-refractivity contribution in [3.63, 3.8) is 0 Å². The summed E-state index contributed by atoms with van der Waals surface area (Å²) < 4.78 is 56.4. The third-order valence-electron chi connectivity index (χ3n) is 7.13. The Balaban J connectivity index is 1.51. The van der Waals surface area contributed by atoms with Crippen LogP contribution < -0.4 is 9.47 Å². The zero-order valence-electron chi connectivity index (χ0n) is 21.7. The highest BCUT2D eigenvalue weighted by Gasteiger charge is 2.57. The molecule has 2 N–H and O–H groups in total. The fourth-order valence-electron chi connectivity index (χ4n) is 5.06. The quantitative estimate of drug-likeness (QED) is 0.409. The van der Waals surface area contributed by atoms with Gasteiger partial charge in [-0.2, -0.15) is 18.4 Å². The monoisotopic (exact) mass is 545 g/mol. The summed E-state index contributed by atoms with van der Waals surface area (Å²) in [6.45, 7) is 2.07. The molecule has 0 saturated carbocycles. The number of ether oxygens (including phenoxy) is 2. The van der Waals surface area contributed by atoms with Crippen molar-refractivity contribution in [2.75, 3.05) is 26.7 Å². The zero-order valence-corrected chi connectivity index (χ0v) is 21.7. The van der Waals surface area contributed by atoms with Gasteiger partial charge in [0.05, 0.1) is 25.2 Å². The van der Waals surface area contributed by atoms with Crippen LogP contribution in [-0.4, -0.2) is 64.7 Å². The number of carboxylic acid groups (broad SMARTS) is 1. The van der Waals surface area contributed by atoms with Crippen LogP contribution in [0.15, 0.2) is 42.6 Å². The van der Waals surface area contributed by atoms with Gasteiger partial charge in [-0.25, -0.2) is 0 Å². The highest BCUT2D eigenvalue weighted by atomic mass is 19.4. The van der Waals surface area contributed by atoms with Gasteiger partial charge in [0.25, 0.3) is 0 Å². The number of carboxylic acids is 1. The maximum Gasteiger partial charge on any atom is 0.422 e. The fourth-order valence-corrected chi connectivity index (χ4v) is 5.06. The van der Waals surface area contributed by atoms with Crippen molar-refractivity contribution in [2.45, 2.75) is 50.6 Å². The molecule has 1 aromatic heterocycles. The summed E-state index contributed by atoms with van der Waals surface area (Å²) in [6.07, 6.45) is -3.20. The molecule has 39 heavy (non-hydrogen) atoms. The lowest BCUT2D eigenvalue weighted by molar-refractivity contribution is -0.272. The first-order chi connectivity index (χ1) is 18.5. The molecule has 0 aliphatic carbocycles. The molecule has 1 unspecified atom stereocenters. The number of piperidine rings is 1. The molecule has 8 nitrogen and oxygen atoms in total. The Morgan fingerprint density at radius 3 is 2.46 bits per heavy atom. The number of alkyl halides is 3. The van der Waals surface area contributed by atoms with E-state index < -0.39 is 24.3 Å². The number of likely N-dealkylation sites (tertiary alicyclic amines) is 1. The number of nitriles is 1. The molecule has 208 valence electrons. The highest BCUT2D eigenvalue weighted by Crippen LogP contribution is 2.44. The molecule has 4 rings (SSSR count). The third-order valence-corrected chi connectivity index (χ3v) is 7.13. The number of aliphatic hydroxyl groups is 1. The molecule has 0 spiro atoms. The van der Waals surface area contributed by atoms with Crippen molar-refractivity contribution in [3.05, 3.63) is 59.3 Å². The van der Waals surface area contributed by atoms with Crippen LogP contribution in [0.4, 0.5) is 13.2 Å². The first kappa shape index (κ1) is 28.3. The first-order valence-corrected chi connectivity index (χ1v) is 12.6. The third kappa shape index (κ3) is 5.82. The molecule has 3 aromatic rings. The molecule has 1 fully saturated rings. The molecule has 1 atom stereocenters. The van der Waals surface area contributed by atoms with Gasteiger partial charge in [-0.15, -0.1) is 0 Å². The summed E-state index contributed by atoms with van der Waals surface area (Å²) in [5, 5.41) is 29.7. The second-order valence-electron chi connectivity index (χ2n) is 9.68. The number of nitrogens with zero attached hydrogens (tertiary/aromatic N) is 3. The van der Waals surface area contributed by atoms with Crippen LogP contribution in [0.1, 0.15) is 36.5 Å². The summed E-state index contributed by atoms with van der Waals surface area (Å²) >= 11 is 0. The van der Waals surface area contributed by atoms with E-state index in [9.17, 15) is 28.3 Å². The summed E-state index contributed by atoms with van der Waals surface area (Å²) in [6, 6.07) is 11.3. The Kier molecular flexibility index (Phi) is 8.09. The van der Waals surface area contributed by atoms with E-state index >= 15 is 0 Å². The number of hydrogen-bond donors (Lipinski definition) is 2. The van der Waals surface area contributed by atoms with Crippen LogP contribution in [0.2, 0.25) is 0 Å². The topological polar surface area (TPSA) is 108 Å². The Labute approximate surface area is 223 Å². The maximum absolute atomic E-state index is 14.5. The second-order valence-corrected chi connectivity index (χ2v) is 9.68. The molecule has 11 heteroatoms. The Hall–Kier alpha value is -3.75. The van der Waals surface area contributed by atoms with Gasteiger partial charge in [0.1, 0.15) is 6.10 Å². The number of aliphatic carboxylic acids is 1. The van der Waals surface area contributed by atoms with Crippen molar-refractivity contribution < 1.29 is 37.7 Å². The zero-order chi connectivity index (χ0) is 28.4. The lowest BCUT2D eigenvalue weighted by atomic mass is 9.90. The summed E-state index contributed by atoms with van der Waals surface area (Å²) in [7, 11) is 1.45. The maximum atomic E-state index is 14.5. The van der Waals surface area contributed by atoms with Crippen LogP contribution in [0.25, 0.3) is 10.9 Å². The standard InChI is InChI=1S/C28H30F3N3O5/c1-3-34-16-22(21-6-4-19(15-32)12-23(21)34)27(37,28(29,30)31)17-33-10-8-20(9-11-33)39-24-7-5-18(14-26(35)36)13-25(24)38-2/h4-7,12-13,16,20,37H,3,8-11,14,17H2,1-2H3,(H,35,36). The van der Waals surface area contributed by atoms with Gasteiger partial charge in [-0.1, -0.05) is 12.1 Å². The minimum Gasteiger partial charge on any atom is -0.493 e. The summed E-state index contributed by atoms with van der Waals surface area (Å²) in [5.74, 6) is -0.154. The van der Waals surface area contributed by atoms with Crippen molar-refractivity contribution in [1.82, 2.24) is 9.47 Å². The minimum atomic E-state index is -4.94. The number of carbonyl (C=O) groups is 1. The predicted molar refractivity (Wildman–Crippen MR) is 137 cm³/mol. The normalized spacial score (nSPS) is 16.5. The van der Waals surface area contributed by atoms with Crippen molar-refractivity contribution in [3.8, 4) is 17.6 Å². The van der Waals surface area contributed by atoms with Gasteiger partial charge in [0.15, 0.2) is 11.5 Å². The Bertz CT molecular complexity index is 1390. The molecular formula is C28H30F3N3O5. The lowest BCUT2D eigenvalue weighted by Crippen LogP contribution is -2.53. The van der Waals surface area contributed by atoms with E-state index in [0.29, 0.717) is 47.5 Å². The van der Waals surface area contributed by atoms with E-state index in [1.807, 2.05) is 6.07 Å². The van der Waals surface area contributed by atoms with E-state index in [-0.39, 0.29) is 36.6 Å². The number of β-amino-alcohol motifs (C(OH)–C–C–N with tert-alkyl or cyclic N) is 1. The lowest BCUT2D eigenvalue weighted by Gasteiger charge is -2.39. The van der Waals surface area contributed by atoms with Gasteiger partial charge in [-0.3, -0.25) is 9.69 Å². The van der Waals surface area contributed by atoms with Crippen LogP contribution in [0.3, 0.4) is 0 Å². The van der Waals surface area contributed by atoms with Gasteiger partial charge in [-0.05, 0) is 49.6 Å². The number of hydrogen-bond acceptors (Lipinski definition) is 6. The molecule has 0 bridgehead atoms. The Morgan fingerprint density at radius 2 is 1.87 bits per heavy atom. The van der Waals surface area contributed by atoms with E-state index in [0.717, 1.165) is 0 Å². The van der Waals surface area contributed by atoms with E-state index in [1.165, 1.54) is 31.5 Å². The number of rotatable bonds is 9. The van der Waals surface area contributed by atoms with Crippen LogP contribution in [-0.2, 0) is 23.4 Å². The van der Waals surface area contributed by atoms with Crippen LogP contribution in [0, 0.1) is 11.3 Å². The molecule has 2 heterocycles. The first-order valence-electron chi connectivity index (χ1n) is 12.6. The van der Waals surface area contributed by atoms with Crippen LogP contribution in [0.5, 0.6) is 11.5 Å². The molecule has 1 saturated heterocycles. The van der Waals surface area contributed by atoms with E-state index in [1.54, 1.807) is 34.6 Å². The van der Waals surface area contributed by atoms with E-state index in [4.69, 9.17) is 14.6 Å². The molecule has 0 amide bonds. The number of methoxy groups -OCH3 is 1. The number of aromatic nitrogens is 1. The van der Waals surface area contributed by atoms with E-state index in [2.05, 4.69) is 0 Å². The van der Waals surface area contributed by atoms with Gasteiger partial charge in [0.2, 0.25) is 5.60 Å². The number of benzene rings is 2. The number of halogens is 3. The van der Waals surface area contributed by atoms with Gasteiger partial charge < -0.3 is 24.3 Å². The minimum absolute atomic E-state index is 0.159. The Morgan fingerprint density at radius 1 is 1.15 bits per heavy atom. The molecule has 1 aliphatic rings. The van der Waals surface area contributed by atoms with Crippen molar-refractivity contribution in [1.29, 1.82) is 5.26 Å². The van der Waals surface area contributed by atoms with Gasteiger partial charge >= 0.3 is 12.1 Å². The average molecular weight is 546 g/mol. The van der Waals surface area contributed by atoms with Gasteiger partial charge in [0, 0.05) is 48.8 Å². The average Bonchev–Trinajstić information content (AvgIpc) is 3.28. The number of fused-ring (bicyclic) bond motifs is 1. The second kappa shape index (κ2) is 11.2. The fraction of sp³-hybridized carbons (Fsp3) is 0.429. The molecule has 2 aromatic carbocycles. The molecule has 1 aliphatic heterocycles. The summed E-state index contributed by atoms with van der Waals surface area (Å²) in [5.41, 5.74) is -2.00. The van der Waals surface area contributed by atoms with Crippen molar-refractivity contribution in [2.24, 2.45) is 0 Å².